The molecule has 92 valence electrons. The molecule has 4 nitrogen and oxygen atoms in total. The van der Waals surface area contributed by atoms with Crippen molar-refractivity contribution >= 4 is 27.5 Å². The molecule has 1 heterocycles. The van der Waals surface area contributed by atoms with Gasteiger partial charge in [-0.25, -0.2) is 4.98 Å². The van der Waals surface area contributed by atoms with E-state index >= 15 is 0 Å². The Morgan fingerprint density at radius 1 is 1.28 bits per heavy atom. The number of benzene rings is 1. The van der Waals surface area contributed by atoms with Crippen LogP contribution in [-0.4, -0.2) is 10.9 Å². The summed E-state index contributed by atoms with van der Waals surface area (Å²) < 4.78 is 0.835. The number of amides is 1. The van der Waals surface area contributed by atoms with Crippen molar-refractivity contribution in [3.8, 4) is 0 Å². The topological polar surface area (TPSA) is 68.0 Å². The molecule has 0 aliphatic heterocycles. The lowest BCUT2D eigenvalue weighted by Crippen LogP contribution is -2.15. The number of aromatic nitrogens is 1. The fraction of sp³-hybridized carbons (Fsp3) is 0.0769. The highest BCUT2D eigenvalue weighted by Gasteiger charge is 2.09. The third-order valence-corrected chi connectivity index (χ3v) is 2.91. The summed E-state index contributed by atoms with van der Waals surface area (Å²) in [4.78, 5) is 16.0. The Hall–Kier alpha value is -1.72. The van der Waals surface area contributed by atoms with Crippen LogP contribution in [0.25, 0.3) is 0 Å². The standard InChI is InChI=1S/C13H12BrN3O/c14-10-5-6-12(16-8-10)13(18)17-11-4-2-1-3-9(11)7-15/h1-6,8H,7,15H2,(H,17,18). The second-order valence-corrected chi connectivity index (χ2v) is 4.59. The fourth-order valence-corrected chi connectivity index (χ4v) is 1.75. The molecule has 0 atom stereocenters. The third kappa shape index (κ3) is 2.94. The average Bonchev–Trinajstić information content (AvgIpc) is 2.40. The highest BCUT2D eigenvalue weighted by molar-refractivity contribution is 9.10. The minimum absolute atomic E-state index is 0.247. The number of para-hydroxylation sites is 1. The summed E-state index contributed by atoms with van der Waals surface area (Å²) in [5.74, 6) is -0.247. The molecule has 0 unspecified atom stereocenters. The zero-order valence-corrected chi connectivity index (χ0v) is 11.1. The number of carbonyl (C=O) groups is 1. The van der Waals surface area contributed by atoms with Crippen molar-refractivity contribution in [2.24, 2.45) is 5.73 Å². The van der Waals surface area contributed by atoms with E-state index in [4.69, 9.17) is 5.73 Å². The van der Waals surface area contributed by atoms with Crippen LogP contribution in [0.1, 0.15) is 16.1 Å². The largest absolute Gasteiger partial charge is 0.326 e. The molecule has 0 saturated carbocycles. The predicted molar refractivity (Wildman–Crippen MR) is 74.2 cm³/mol. The Morgan fingerprint density at radius 3 is 2.72 bits per heavy atom. The van der Waals surface area contributed by atoms with Crippen LogP contribution in [0.15, 0.2) is 47.1 Å². The van der Waals surface area contributed by atoms with Gasteiger partial charge in [-0.1, -0.05) is 18.2 Å². The molecule has 5 heteroatoms. The lowest BCUT2D eigenvalue weighted by molar-refractivity contribution is 0.102. The number of carbonyl (C=O) groups excluding carboxylic acids is 1. The van der Waals surface area contributed by atoms with E-state index < -0.39 is 0 Å². The molecule has 18 heavy (non-hydrogen) atoms. The van der Waals surface area contributed by atoms with Crippen molar-refractivity contribution in [3.63, 3.8) is 0 Å². The number of pyridine rings is 1. The number of anilines is 1. The van der Waals surface area contributed by atoms with Gasteiger partial charge in [-0.05, 0) is 39.7 Å². The van der Waals surface area contributed by atoms with Gasteiger partial charge in [0.25, 0.3) is 5.91 Å². The van der Waals surface area contributed by atoms with Crippen LogP contribution in [-0.2, 0) is 6.54 Å². The summed E-state index contributed by atoms with van der Waals surface area (Å²) in [6.45, 7) is 0.379. The molecule has 1 aromatic heterocycles. The second-order valence-electron chi connectivity index (χ2n) is 3.68. The lowest BCUT2D eigenvalue weighted by Gasteiger charge is -2.09. The number of hydrogen-bond donors (Lipinski definition) is 2. The van der Waals surface area contributed by atoms with E-state index in [2.05, 4.69) is 26.2 Å². The molecule has 0 aliphatic rings. The molecule has 0 fully saturated rings. The van der Waals surface area contributed by atoms with E-state index in [0.29, 0.717) is 12.2 Å². The van der Waals surface area contributed by atoms with Gasteiger partial charge in [0, 0.05) is 22.9 Å². The van der Waals surface area contributed by atoms with Gasteiger partial charge in [0.1, 0.15) is 5.69 Å². The molecular formula is C13H12BrN3O. The monoisotopic (exact) mass is 305 g/mol. The Balaban J connectivity index is 2.18. The van der Waals surface area contributed by atoms with E-state index in [1.165, 1.54) is 0 Å². The summed E-state index contributed by atoms with van der Waals surface area (Å²) in [6, 6.07) is 10.9. The second kappa shape index (κ2) is 5.75. The Bertz CT molecular complexity index is 554. The molecular weight excluding hydrogens is 294 g/mol. The highest BCUT2D eigenvalue weighted by atomic mass is 79.9. The van der Waals surface area contributed by atoms with Crippen molar-refractivity contribution in [2.75, 3.05) is 5.32 Å². The van der Waals surface area contributed by atoms with Crippen molar-refractivity contribution in [3.05, 3.63) is 58.3 Å². The first-order valence-electron chi connectivity index (χ1n) is 5.41. The van der Waals surface area contributed by atoms with E-state index in [1.54, 1.807) is 18.3 Å². The van der Waals surface area contributed by atoms with Crippen molar-refractivity contribution in [1.82, 2.24) is 4.98 Å². The zero-order chi connectivity index (χ0) is 13.0. The number of nitrogens with one attached hydrogen (secondary N) is 1. The van der Waals surface area contributed by atoms with Crippen molar-refractivity contribution < 1.29 is 4.79 Å². The van der Waals surface area contributed by atoms with Crippen molar-refractivity contribution in [2.45, 2.75) is 6.54 Å². The number of hydrogen-bond acceptors (Lipinski definition) is 3. The molecule has 0 bridgehead atoms. The minimum atomic E-state index is -0.247. The SMILES string of the molecule is NCc1ccccc1NC(=O)c1ccc(Br)cn1. The molecule has 0 saturated heterocycles. The van der Waals surface area contributed by atoms with Gasteiger partial charge in [0.15, 0.2) is 0 Å². The maximum atomic E-state index is 12.0. The molecule has 0 radical (unpaired) electrons. The van der Waals surface area contributed by atoms with Crippen LogP contribution in [0.5, 0.6) is 0 Å². The summed E-state index contributed by atoms with van der Waals surface area (Å²) in [6.07, 6.45) is 1.59. The first kappa shape index (κ1) is 12.7. The number of nitrogens with zero attached hydrogens (tertiary/aromatic N) is 1. The van der Waals surface area contributed by atoms with Crippen LogP contribution in [0.2, 0.25) is 0 Å². The quantitative estimate of drug-likeness (QED) is 0.915. The molecule has 1 aromatic carbocycles. The summed E-state index contributed by atoms with van der Waals surface area (Å²) in [5.41, 5.74) is 7.59. The molecule has 2 rings (SSSR count). The summed E-state index contributed by atoms with van der Waals surface area (Å²) in [5, 5.41) is 2.80. The maximum Gasteiger partial charge on any atom is 0.274 e. The van der Waals surface area contributed by atoms with Gasteiger partial charge in [0.2, 0.25) is 0 Å². The third-order valence-electron chi connectivity index (χ3n) is 2.45. The smallest absolute Gasteiger partial charge is 0.274 e. The van der Waals surface area contributed by atoms with Crippen LogP contribution in [0.4, 0.5) is 5.69 Å². The minimum Gasteiger partial charge on any atom is -0.326 e. The number of nitrogens with two attached hydrogens (primary N) is 1. The molecule has 2 aromatic rings. The van der Waals surface area contributed by atoms with Gasteiger partial charge in [-0.2, -0.15) is 0 Å². The Labute approximate surface area is 113 Å². The normalized spacial score (nSPS) is 10.1. The number of rotatable bonds is 3. The average molecular weight is 306 g/mol. The van der Waals surface area contributed by atoms with E-state index in [9.17, 15) is 4.79 Å². The molecule has 0 spiro atoms. The van der Waals surface area contributed by atoms with Gasteiger partial charge < -0.3 is 11.1 Å². The molecule has 0 aliphatic carbocycles. The maximum absolute atomic E-state index is 12.0. The molecule has 1 amide bonds. The van der Waals surface area contributed by atoms with Crippen LogP contribution in [0, 0.1) is 0 Å². The van der Waals surface area contributed by atoms with Crippen molar-refractivity contribution in [1.29, 1.82) is 0 Å². The first-order chi connectivity index (χ1) is 8.70. The van der Waals surface area contributed by atoms with Gasteiger partial charge in [-0.15, -0.1) is 0 Å². The van der Waals surface area contributed by atoms with Gasteiger partial charge >= 0.3 is 0 Å². The summed E-state index contributed by atoms with van der Waals surface area (Å²) in [7, 11) is 0. The van der Waals surface area contributed by atoms with E-state index in [1.807, 2.05) is 24.3 Å². The van der Waals surface area contributed by atoms with Gasteiger partial charge in [-0.3, -0.25) is 4.79 Å². The zero-order valence-electron chi connectivity index (χ0n) is 9.56. The summed E-state index contributed by atoms with van der Waals surface area (Å²) >= 11 is 3.27. The Morgan fingerprint density at radius 2 is 2.06 bits per heavy atom. The Kier molecular flexibility index (Phi) is 4.07. The number of halogens is 1. The first-order valence-corrected chi connectivity index (χ1v) is 6.21. The van der Waals surface area contributed by atoms with Crippen LogP contribution < -0.4 is 11.1 Å². The molecule has 3 N–H and O–H groups in total. The highest BCUT2D eigenvalue weighted by Crippen LogP contribution is 2.15. The van der Waals surface area contributed by atoms with Crippen LogP contribution in [0.3, 0.4) is 0 Å². The predicted octanol–water partition coefficient (Wildman–Crippen LogP) is 2.56. The van der Waals surface area contributed by atoms with Crippen LogP contribution >= 0.6 is 15.9 Å². The van der Waals surface area contributed by atoms with E-state index in [0.717, 1.165) is 15.7 Å². The van der Waals surface area contributed by atoms with Gasteiger partial charge in [0.05, 0.1) is 0 Å². The lowest BCUT2D eigenvalue weighted by atomic mass is 10.1. The van der Waals surface area contributed by atoms with E-state index in [-0.39, 0.29) is 5.91 Å². The fourth-order valence-electron chi connectivity index (χ4n) is 1.52.